The Labute approximate surface area is 216 Å². The summed E-state index contributed by atoms with van der Waals surface area (Å²) in [7, 11) is 0. The predicted octanol–water partition coefficient (Wildman–Crippen LogP) is 3.92. The van der Waals surface area contributed by atoms with E-state index in [-0.39, 0.29) is 46.0 Å². The van der Waals surface area contributed by atoms with E-state index in [1.807, 2.05) is 13.0 Å². The summed E-state index contributed by atoms with van der Waals surface area (Å²) in [4.78, 5) is 54.5. The van der Waals surface area contributed by atoms with Gasteiger partial charge in [-0.1, -0.05) is 18.6 Å². The molecule has 0 radical (unpaired) electrons. The Morgan fingerprint density at radius 1 is 1.14 bits per heavy atom. The number of amides is 2. The molecule has 1 aromatic carbocycles. The third-order valence-corrected chi connectivity index (χ3v) is 8.61. The second-order valence-corrected chi connectivity index (χ2v) is 10.9. The molecule has 0 spiro atoms. The van der Waals surface area contributed by atoms with E-state index in [1.54, 1.807) is 24.5 Å². The molecule has 4 unspecified atom stereocenters. The number of aromatic hydroxyl groups is 1. The number of ether oxygens (including phenoxy) is 1. The Kier molecular flexibility index (Phi) is 5.41. The number of carbonyl (C=O) groups excluding carboxylic acids is 4. The number of carbonyl (C=O) groups is 4. The highest BCUT2D eigenvalue weighted by Gasteiger charge is 2.56. The first-order valence-electron chi connectivity index (χ1n) is 12.2. The van der Waals surface area contributed by atoms with Gasteiger partial charge in [0.05, 0.1) is 22.6 Å². The van der Waals surface area contributed by atoms with Crippen LogP contribution in [0.1, 0.15) is 31.7 Å². The monoisotopic (exact) mass is 549 g/mol. The van der Waals surface area contributed by atoms with Crippen molar-refractivity contribution < 1.29 is 29.0 Å². The van der Waals surface area contributed by atoms with E-state index in [9.17, 15) is 24.3 Å². The minimum absolute atomic E-state index is 0.113. The molecule has 2 amide bonds. The lowest BCUT2D eigenvalue weighted by molar-refractivity contribution is -0.140. The molecular weight excluding hydrogens is 526 g/mol. The van der Waals surface area contributed by atoms with Crippen molar-refractivity contribution in [3.8, 4) is 11.5 Å². The molecule has 1 aromatic rings. The predicted molar refractivity (Wildman–Crippen MR) is 133 cm³/mol. The van der Waals surface area contributed by atoms with E-state index >= 15 is 0 Å². The van der Waals surface area contributed by atoms with Crippen LogP contribution >= 0.6 is 15.9 Å². The molecule has 1 saturated heterocycles. The van der Waals surface area contributed by atoms with E-state index in [4.69, 9.17) is 4.74 Å². The zero-order valence-electron chi connectivity index (χ0n) is 19.6. The number of phenolic OH excluding ortho intramolecular Hbond substituents is 1. The van der Waals surface area contributed by atoms with E-state index < -0.39 is 17.8 Å². The summed E-state index contributed by atoms with van der Waals surface area (Å²) < 4.78 is 6.09. The molecule has 0 aromatic heterocycles. The maximum Gasteiger partial charge on any atom is 0.233 e. The highest BCUT2D eigenvalue weighted by molar-refractivity contribution is 9.12. The van der Waals surface area contributed by atoms with Gasteiger partial charge in [-0.3, -0.25) is 24.1 Å². The molecule has 6 rings (SSSR count). The topological polar surface area (TPSA) is 101 Å². The summed E-state index contributed by atoms with van der Waals surface area (Å²) >= 11 is 3.24. The van der Waals surface area contributed by atoms with Crippen LogP contribution in [0.15, 0.2) is 63.4 Å². The summed E-state index contributed by atoms with van der Waals surface area (Å²) in [5, 5.41) is 10.0. The smallest absolute Gasteiger partial charge is 0.233 e. The lowest BCUT2D eigenvalue weighted by atomic mass is 9.59. The van der Waals surface area contributed by atoms with Crippen LogP contribution in [0.3, 0.4) is 0 Å². The van der Waals surface area contributed by atoms with Gasteiger partial charge < -0.3 is 9.84 Å². The van der Waals surface area contributed by atoms with Crippen LogP contribution in [0.25, 0.3) is 0 Å². The maximum absolute atomic E-state index is 13.5. The molecule has 5 aliphatic rings. The fraction of sp³-hybridized carbons (Fsp3) is 0.357. The van der Waals surface area contributed by atoms with Crippen LogP contribution in [-0.4, -0.2) is 39.9 Å². The Hall–Kier alpha value is -3.26. The molecule has 4 atom stereocenters. The van der Waals surface area contributed by atoms with Gasteiger partial charge in [-0.2, -0.15) is 0 Å². The molecule has 3 aliphatic carbocycles. The van der Waals surface area contributed by atoms with E-state index in [0.29, 0.717) is 42.7 Å². The van der Waals surface area contributed by atoms with Crippen molar-refractivity contribution in [2.24, 2.45) is 23.7 Å². The number of hydrogen-bond acceptors (Lipinski definition) is 6. The van der Waals surface area contributed by atoms with Crippen LogP contribution < -0.4 is 4.74 Å². The highest BCUT2D eigenvalue weighted by atomic mass is 79.9. The summed E-state index contributed by atoms with van der Waals surface area (Å²) in [6.07, 6.45) is 6.72. The van der Waals surface area contributed by atoms with E-state index in [1.165, 1.54) is 11.0 Å². The second kappa shape index (κ2) is 8.40. The zero-order chi connectivity index (χ0) is 25.3. The number of rotatable bonds is 3. The minimum Gasteiger partial charge on any atom is -0.508 e. The SMILES string of the molecule is CCCN1C(=O)C2CC=C3C(C4=COc5ccc(O)cc5C4)C4=C(CC3C2C1=O)C(=O)C(Br)=CC4=O. The molecule has 1 N–H and O–H groups in total. The number of likely N-dealkylation sites (tertiary alicyclic amines) is 1. The van der Waals surface area contributed by atoms with Gasteiger partial charge in [0, 0.05) is 41.7 Å². The molecule has 2 heterocycles. The Bertz CT molecular complexity index is 1380. The Balaban J connectivity index is 1.47. The van der Waals surface area contributed by atoms with Crippen molar-refractivity contribution in [2.45, 2.75) is 32.6 Å². The molecule has 8 heteroatoms. The number of benzene rings is 1. The van der Waals surface area contributed by atoms with E-state index in [0.717, 1.165) is 16.7 Å². The molecule has 184 valence electrons. The van der Waals surface area contributed by atoms with E-state index in [2.05, 4.69) is 15.9 Å². The minimum atomic E-state index is -0.547. The first kappa shape index (κ1) is 23.2. The van der Waals surface area contributed by atoms with Gasteiger partial charge >= 0.3 is 0 Å². The average molecular weight is 550 g/mol. The van der Waals surface area contributed by atoms with Crippen molar-refractivity contribution in [2.75, 3.05) is 6.54 Å². The summed E-state index contributed by atoms with van der Waals surface area (Å²) in [6, 6.07) is 4.88. The van der Waals surface area contributed by atoms with Crippen LogP contribution in [0.2, 0.25) is 0 Å². The molecule has 2 aliphatic heterocycles. The van der Waals surface area contributed by atoms with Gasteiger partial charge in [0.1, 0.15) is 11.5 Å². The summed E-state index contributed by atoms with van der Waals surface area (Å²) in [5.74, 6) is -1.97. The molecule has 7 nitrogen and oxygen atoms in total. The van der Waals surface area contributed by atoms with Gasteiger partial charge in [-0.05, 0) is 64.9 Å². The number of imide groups is 1. The normalized spacial score (nSPS) is 29.1. The summed E-state index contributed by atoms with van der Waals surface area (Å²) in [5.41, 5.74) is 3.28. The number of hydrogen-bond donors (Lipinski definition) is 1. The van der Waals surface area contributed by atoms with Crippen LogP contribution in [-0.2, 0) is 25.6 Å². The first-order chi connectivity index (χ1) is 17.3. The number of phenols is 1. The number of allylic oxidation sites excluding steroid dienone is 7. The van der Waals surface area contributed by atoms with Crippen LogP contribution in [0, 0.1) is 23.7 Å². The van der Waals surface area contributed by atoms with Gasteiger partial charge in [-0.15, -0.1) is 0 Å². The van der Waals surface area contributed by atoms with Gasteiger partial charge in [-0.25, -0.2) is 0 Å². The standard InChI is InChI=1S/C28H24BrNO6/c1-2-7-30-27(34)17-5-4-16-18(24(17)28(30)35)10-19-25(21(32)11-20(29)26(19)33)23(16)14-8-13-9-15(31)3-6-22(13)36-12-14/h3-4,6,9,11-12,17-18,23-24,31H,2,5,7-8,10H2,1H3. The van der Waals surface area contributed by atoms with Crippen molar-refractivity contribution in [1.82, 2.24) is 4.90 Å². The van der Waals surface area contributed by atoms with Gasteiger partial charge in [0.2, 0.25) is 11.8 Å². The van der Waals surface area contributed by atoms with Crippen LogP contribution in [0.5, 0.6) is 11.5 Å². The van der Waals surface area contributed by atoms with Gasteiger partial charge in [0.25, 0.3) is 0 Å². The Morgan fingerprint density at radius 3 is 2.72 bits per heavy atom. The van der Waals surface area contributed by atoms with Crippen molar-refractivity contribution in [3.05, 3.63) is 69.0 Å². The summed E-state index contributed by atoms with van der Waals surface area (Å²) in [6.45, 7) is 2.32. The van der Waals surface area contributed by atoms with Crippen molar-refractivity contribution >= 4 is 39.3 Å². The third-order valence-electron chi connectivity index (χ3n) is 8.02. The number of nitrogens with zero attached hydrogens (tertiary/aromatic N) is 1. The number of Topliss-reactive ketones (excluding diaryl/α,β-unsaturated/α-hetero) is 1. The number of fused-ring (bicyclic) bond motifs is 4. The number of halogens is 1. The molecule has 0 saturated carbocycles. The second-order valence-electron chi connectivity index (χ2n) is 10.0. The third kappa shape index (κ3) is 3.30. The zero-order valence-corrected chi connectivity index (χ0v) is 21.2. The molecular formula is C28H24BrNO6. The fourth-order valence-electron chi connectivity index (χ4n) is 6.53. The van der Waals surface area contributed by atoms with Crippen LogP contribution in [0.4, 0.5) is 0 Å². The Morgan fingerprint density at radius 2 is 1.94 bits per heavy atom. The molecule has 1 fully saturated rings. The largest absolute Gasteiger partial charge is 0.508 e. The highest BCUT2D eigenvalue weighted by Crippen LogP contribution is 2.54. The quantitative estimate of drug-likeness (QED) is 0.348. The fourth-order valence-corrected chi connectivity index (χ4v) is 6.97. The van der Waals surface area contributed by atoms with Crippen molar-refractivity contribution in [3.63, 3.8) is 0 Å². The first-order valence-corrected chi connectivity index (χ1v) is 13.0. The van der Waals surface area contributed by atoms with Crippen molar-refractivity contribution in [1.29, 1.82) is 0 Å². The lowest BCUT2D eigenvalue weighted by Gasteiger charge is -2.43. The maximum atomic E-state index is 13.5. The lowest BCUT2D eigenvalue weighted by Crippen LogP contribution is -2.41. The number of ketones is 2. The molecule has 0 bridgehead atoms. The van der Waals surface area contributed by atoms with Gasteiger partial charge in [0.15, 0.2) is 11.6 Å². The average Bonchev–Trinajstić information content (AvgIpc) is 3.11. The molecule has 36 heavy (non-hydrogen) atoms.